The van der Waals surface area contributed by atoms with Crippen LogP contribution in [0.3, 0.4) is 0 Å². The molecule has 9 nitrogen and oxygen atoms in total. The highest BCUT2D eigenvalue weighted by atomic mass is 15.3. The molecule has 0 atom stereocenters. The van der Waals surface area contributed by atoms with Gasteiger partial charge in [0, 0.05) is 54.2 Å². The molecule has 6 heterocycles. The average molecular weight is 1040 g/mol. The Morgan fingerprint density at radius 2 is 0.321 bits per heavy atom. The fourth-order valence-electron chi connectivity index (χ4n) is 10.2. The maximum atomic E-state index is 4.66. The quantitative estimate of drug-likeness (QED) is 0.0996. The minimum absolute atomic E-state index is 0.801. The summed E-state index contributed by atoms with van der Waals surface area (Å²) in [7, 11) is 0. The smallest absolute Gasteiger partial charge is 0.138 e. The summed E-state index contributed by atoms with van der Waals surface area (Å²) in [6.45, 7) is 0. The fourth-order valence-corrected chi connectivity index (χ4v) is 10.2. The number of anilines is 9. The standard InChI is InChI=1S/C72H51N9/c1-7-43-73-67(13-1)79(68-14-2-8-44-74-68)64-37-31-55(32-38-64)52-19-25-58(26-20-52)61-49-62(59-27-21-53(22-28-59)56-33-39-65(40-34-56)80(69-15-3-9-45-75-69)70-16-4-10-46-76-70)51-63(50-61)60-29-23-54(24-30-60)57-35-41-66(42-36-57)81(71-17-5-11-47-77-71)72-18-6-12-48-78-72/h1-51H. The monoisotopic (exact) mass is 1040 g/mol. The molecular formula is C72H51N9. The van der Waals surface area contributed by atoms with Crippen LogP contribution in [0.1, 0.15) is 0 Å². The fraction of sp³-hybridized carbons (Fsp3) is 0. The van der Waals surface area contributed by atoms with Gasteiger partial charge in [0.05, 0.1) is 0 Å². The van der Waals surface area contributed by atoms with Gasteiger partial charge in [0.2, 0.25) is 0 Å². The molecule has 6 aromatic heterocycles. The van der Waals surface area contributed by atoms with E-state index in [0.29, 0.717) is 0 Å². The summed E-state index contributed by atoms with van der Waals surface area (Å²) in [5, 5.41) is 0. The van der Waals surface area contributed by atoms with E-state index in [-0.39, 0.29) is 0 Å². The molecule has 0 amide bonds. The highest BCUT2D eigenvalue weighted by molar-refractivity contribution is 5.85. The molecule has 0 aliphatic heterocycles. The lowest BCUT2D eigenvalue weighted by molar-refractivity contribution is 1.12. The number of benzene rings is 7. The van der Waals surface area contributed by atoms with Crippen LogP contribution in [0.15, 0.2) is 310 Å². The van der Waals surface area contributed by atoms with E-state index in [1.165, 1.54) is 0 Å². The maximum Gasteiger partial charge on any atom is 0.138 e. The van der Waals surface area contributed by atoms with Crippen molar-refractivity contribution < 1.29 is 0 Å². The molecule has 0 saturated carbocycles. The van der Waals surface area contributed by atoms with E-state index in [1.54, 1.807) is 37.2 Å². The first kappa shape index (κ1) is 49.4. The van der Waals surface area contributed by atoms with Crippen LogP contribution in [0.25, 0.3) is 66.8 Å². The van der Waals surface area contributed by atoms with E-state index in [9.17, 15) is 0 Å². The summed E-state index contributed by atoms with van der Waals surface area (Å²) in [4.78, 5) is 34.2. The molecule has 0 saturated heterocycles. The molecular weight excluding hydrogens is 991 g/mol. The first-order valence-corrected chi connectivity index (χ1v) is 26.8. The largest absolute Gasteiger partial charge is 0.279 e. The molecule has 0 spiro atoms. The van der Waals surface area contributed by atoms with Crippen LogP contribution < -0.4 is 14.7 Å². The molecule has 0 fully saturated rings. The van der Waals surface area contributed by atoms with E-state index < -0.39 is 0 Å². The van der Waals surface area contributed by atoms with Gasteiger partial charge in [-0.3, -0.25) is 14.7 Å². The average Bonchev–Trinajstić information content (AvgIpc) is 3.58. The minimum atomic E-state index is 0.801. The van der Waals surface area contributed by atoms with Crippen LogP contribution in [0.2, 0.25) is 0 Å². The summed E-state index contributed by atoms with van der Waals surface area (Å²) < 4.78 is 0. The van der Waals surface area contributed by atoms with Crippen molar-refractivity contribution in [1.29, 1.82) is 0 Å². The van der Waals surface area contributed by atoms with Crippen molar-refractivity contribution in [1.82, 2.24) is 29.9 Å². The van der Waals surface area contributed by atoms with Crippen LogP contribution in [-0.4, -0.2) is 29.9 Å². The molecule has 384 valence electrons. The Morgan fingerprint density at radius 1 is 0.160 bits per heavy atom. The number of pyridine rings is 6. The zero-order chi connectivity index (χ0) is 54.2. The summed E-state index contributed by atoms with van der Waals surface area (Å²) in [5.41, 5.74) is 16.4. The van der Waals surface area contributed by atoms with Gasteiger partial charge in [-0.2, -0.15) is 0 Å². The van der Waals surface area contributed by atoms with Crippen LogP contribution in [0.5, 0.6) is 0 Å². The van der Waals surface area contributed by atoms with Crippen molar-refractivity contribution >= 4 is 52.0 Å². The van der Waals surface area contributed by atoms with Gasteiger partial charge in [0.15, 0.2) is 0 Å². The lowest BCUT2D eigenvalue weighted by atomic mass is 9.91. The third kappa shape index (κ3) is 10.8. The van der Waals surface area contributed by atoms with Gasteiger partial charge in [-0.1, -0.05) is 146 Å². The van der Waals surface area contributed by atoms with Crippen molar-refractivity contribution in [3.05, 3.63) is 310 Å². The third-order valence-electron chi connectivity index (χ3n) is 14.2. The Balaban J connectivity index is 0.807. The van der Waals surface area contributed by atoms with Gasteiger partial charge in [-0.25, -0.2) is 29.9 Å². The van der Waals surface area contributed by atoms with Crippen LogP contribution in [-0.2, 0) is 0 Å². The molecule has 13 rings (SSSR count). The Kier molecular flexibility index (Phi) is 13.9. The highest BCUT2D eigenvalue weighted by Gasteiger charge is 2.18. The van der Waals surface area contributed by atoms with Gasteiger partial charge in [0.25, 0.3) is 0 Å². The van der Waals surface area contributed by atoms with Crippen molar-refractivity contribution in [2.24, 2.45) is 0 Å². The molecule has 13 aromatic rings. The topological polar surface area (TPSA) is 87.1 Å². The second-order valence-electron chi connectivity index (χ2n) is 19.3. The summed E-state index contributed by atoms with van der Waals surface area (Å²) >= 11 is 0. The Morgan fingerprint density at radius 3 is 0.481 bits per heavy atom. The summed E-state index contributed by atoms with van der Waals surface area (Å²) in [5.74, 6) is 4.81. The normalized spacial score (nSPS) is 11.0. The van der Waals surface area contributed by atoms with E-state index in [0.717, 1.165) is 119 Å². The van der Waals surface area contributed by atoms with E-state index in [4.69, 9.17) is 0 Å². The molecule has 0 radical (unpaired) electrons. The van der Waals surface area contributed by atoms with Crippen LogP contribution >= 0.6 is 0 Å². The molecule has 7 aromatic carbocycles. The molecule has 0 aliphatic carbocycles. The molecule has 0 aliphatic rings. The summed E-state index contributed by atoms with van der Waals surface area (Å²) in [6.07, 6.45) is 10.8. The van der Waals surface area contributed by atoms with Crippen molar-refractivity contribution in [3.63, 3.8) is 0 Å². The first-order valence-electron chi connectivity index (χ1n) is 26.8. The zero-order valence-electron chi connectivity index (χ0n) is 44.0. The minimum Gasteiger partial charge on any atom is -0.279 e. The number of hydrogen-bond donors (Lipinski definition) is 0. The predicted molar refractivity (Wildman–Crippen MR) is 330 cm³/mol. The highest BCUT2D eigenvalue weighted by Crippen LogP contribution is 2.39. The van der Waals surface area contributed by atoms with Crippen molar-refractivity contribution in [2.45, 2.75) is 0 Å². The molecule has 81 heavy (non-hydrogen) atoms. The van der Waals surface area contributed by atoms with Crippen LogP contribution in [0, 0.1) is 0 Å². The molecule has 0 N–H and O–H groups in total. The van der Waals surface area contributed by atoms with E-state index >= 15 is 0 Å². The zero-order valence-corrected chi connectivity index (χ0v) is 44.0. The molecule has 0 unspecified atom stereocenters. The van der Waals surface area contributed by atoms with Gasteiger partial charge < -0.3 is 0 Å². The lowest BCUT2D eigenvalue weighted by Crippen LogP contribution is -2.12. The predicted octanol–water partition coefficient (Wildman–Crippen LogP) is 18.5. The van der Waals surface area contributed by atoms with Crippen molar-refractivity contribution in [3.8, 4) is 66.8 Å². The summed E-state index contributed by atoms with van der Waals surface area (Å²) in [6, 6.07) is 94.8. The Labute approximate surface area is 471 Å². The number of nitrogens with zero attached hydrogens (tertiary/aromatic N) is 9. The number of aromatic nitrogens is 6. The SMILES string of the molecule is c1ccc(N(c2ccc(-c3ccc(-c4cc(-c5ccc(-c6ccc(N(c7ccccn7)c7ccccn7)cc6)cc5)cc(-c5ccc(-c6ccc(N(c7ccccn7)c7ccccn7)cc6)cc5)c4)cc3)cc2)c2ccccn2)nc1. The Bertz CT molecular complexity index is 3570. The van der Waals surface area contributed by atoms with Gasteiger partial charge in [-0.15, -0.1) is 0 Å². The second kappa shape index (κ2) is 22.8. The van der Waals surface area contributed by atoms with Crippen LogP contribution in [0.4, 0.5) is 52.0 Å². The lowest BCUT2D eigenvalue weighted by Gasteiger charge is -2.23. The number of hydrogen-bond acceptors (Lipinski definition) is 9. The van der Waals surface area contributed by atoms with Gasteiger partial charge >= 0.3 is 0 Å². The number of rotatable bonds is 15. The first-order chi connectivity index (χ1) is 40.1. The third-order valence-corrected chi connectivity index (χ3v) is 14.2. The van der Waals surface area contributed by atoms with E-state index in [1.807, 2.05) is 109 Å². The van der Waals surface area contributed by atoms with Crippen molar-refractivity contribution in [2.75, 3.05) is 14.7 Å². The maximum absolute atomic E-state index is 4.66. The Hall–Kier alpha value is -11.2. The van der Waals surface area contributed by atoms with Gasteiger partial charge in [-0.05, 0) is 194 Å². The van der Waals surface area contributed by atoms with E-state index in [2.05, 4.69) is 208 Å². The molecule has 9 heteroatoms. The molecule has 0 bridgehead atoms. The second-order valence-corrected chi connectivity index (χ2v) is 19.3. The van der Waals surface area contributed by atoms with Gasteiger partial charge in [0.1, 0.15) is 34.9 Å².